The minimum atomic E-state index is -3.32. The number of alkyl halides is 1. The van der Waals surface area contributed by atoms with E-state index in [4.69, 9.17) is 16.3 Å². The highest BCUT2D eigenvalue weighted by molar-refractivity contribution is 7.90. The van der Waals surface area contributed by atoms with E-state index in [9.17, 15) is 13.2 Å². The third-order valence-electron chi connectivity index (χ3n) is 2.36. The van der Waals surface area contributed by atoms with Gasteiger partial charge in [0.1, 0.15) is 0 Å². The molecular weight excluding hydrogens is 290 g/mol. The fourth-order valence-electron chi connectivity index (χ4n) is 1.41. The van der Waals surface area contributed by atoms with Gasteiger partial charge in [-0.25, -0.2) is 8.42 Å². The monoisotopic (exact) mass is 305 g/mol. The molecule has 0 aliphatic carbocycles. The van der Waals surface area contributed by atoms with Crippen molar-refractivity contribution < 1.29 is 17.9 Å². The topological polar surface area (TPSA) is 72.5 Å². The molecule has 0 heterocycles. The third-order valence-corrected chi connectivity index (χ3v) is 3.75. The molecule has 0 saturated carbocycles. The summed E-state index contributed by atoms with van der Waals surface area (Å²) in [5.41, 5.74) is 0.282. The fourth-order valence-corrected chi connectivity index (χ4v) is 2.28. The molecule has 1 amide bonds. The summed E-state index contributed by atoms with van der Waals surface area (Å²) in [7, 11) is -1.80. The summed E-state index contributed by atoms with van der Waals surface area (Å²) in [4.78, 5) is 11.9. The maximum absolute atomic E-state index is 11.8. The molecule has 0 saturated heterocycles. The van der Waals surface area contributed by atoms with E-state index in [1.54, 1.807) is 6.07 Å². The average molecular weight is 306 g/mol. The van der Waals surface area contributed by atoms with Crippen LogP contribution in [0.1, 0.15) is 10.4 Å². The van der Waals surface area contributed by atoms with Crippen LogP contribution in [0, 0.1) is 0 Å². The zero-order valence-corrected chi connectivity index (χ0v) is 12.3. The summed E-state index contributed by atoms with van der Waals surface area (Å²) in [5.74, 6) is -0.368. The van der Waals surface area contributed by atoms with Crippen LogP contribution in [0.5, 0.6) is 0 Å². The number of sulfone groups is 1. The maximum Gasteiger partial charge on any atom is 0.251 e. The zero-order chi connectivity index (χ0) is 14.5. The molecule has 0 radical (unpaired) electrons. The summed E-state index contributed by atoms with van der Waals surface area (Å²) in [6.07, 6.45) is 1.09. The SMILES string of the molecule is COCC(Cl)CNC(=O)c1cccc(S(C)(=O)=O)c1. The number of halogens is 1. The smallest absolute Gasteiger partial charge is 0.251 e. The highest BCUT2D eigenvalue weighted by atomic mass is 35.5. The number of benzene rings is 1. The van der Waals surface area contributed by atoms with Gasteiger partial charge in [0.25, 0.3) is 5.91 Å². The molecule has 5 nitrogen and oxygen atoms in total. The van der Waals surface area contributed by atoms with Crippen LogP contribution in [-0.2, 0) is 14.6 Å². The molecule has 0 aromatic heterocycles. The van der Waals surface area contributed by atoms with Crippen molar-refractivity contribution in [3.8, 4) is 0 Å². The minimum Gasteiger partial charge on any atom is -0.383 e. The minimum absolute atomic E-state index is 0.111. The van der Waals surface area contributed by atoms with Gasteiger partial charge in [0, 0.05) is 25.5 Å². The number of carbonyl (C=O) groups is 1. The standard InChI is InChI=1S/C12H16ClNO4S/c1-18-8-10(13)7-14-12(15)9-4-3-5-11(6-9)19(2,16)17/h3-6,10H,7-8H2,1-2H3,(H,14,15). The molecule has 1 aromatic carbocycles. The van der Waals surface area contributed by atoms with E-state index in [-0.39, 0.29) is 28.3 Å². The first-order valence-corrected chi connectivity index (χ1v) is 7.88. The molecule has 0 fully saturated rings. The molecule has 0 aliphatic rings. The van der Waals surface area contributed by atoms with Gasteiger partial charge in [-0.3, -0.25) is 4.79 Å². The van der Waals surface area contributed by atoms with Crippen molar-refractivity contribution in [2.45, 2.75) is 10.3 Å². The highest BCUT2D eigenvalue weighted by Gasteiger charge is 2.12. The van der Waals surface area contributed by atoms with E-state index < -0.39 is 9.84 Å². The molecule has 1 unspecified atom stereocenters. The van der Waals surface area contributed by atoms with Crippen molar-refractivity contribution in [3.63, 3.8) is 0 Å². The number of amides is 1. The normalized spacial score (nSPS) is 13.0. The number of rotatable bonds is 6. The molecule has 0 bridgehead atoms. The second kappa shape index (κ2) is 6.88. The van der Waals surface area contributed by atoms with Crippen molar-refractivity contribution >= 4 is 27.3 Å². The van der Waals surface area contributed by atoms with E-state index in [1.165, 1.54) is 25.3 Å². The summed E-state index contributed by atoms with van der Waals surface area (Å²) in [5, 5.41) is 2.29. The number of methoxy groups -OCH3 is 1. The molecule has 1 aromatic rings. The first-order chi connectivity index (χ1) is 8.84. The van der Waals surface area contributed by atoms with Crippen molar-refractivity contribution in [2.24, 2.45) is 0 Å². The van der Waals surface area contributed by atoms with E-state index in [1.807, 2.05) is 0 Å². The van der Waals surface area contributed by atoms with Crippen LogP contribution in [0.15, 0.2) is 29.2 Å². The predicted octanol–water partition coefficient (Wildman–Crippen LogP) is 1.07. The fraction of sp³-hybridized carbons (Fsp3) is 0.417. The van der Waals surface area contributed by atoms with Gasteiger partial charge in [0.15, 0.2) is 9.84 Å². The lowest BCUT2D eigenvalue weighted by atomic mass is 10.2. The van der Waals surface area contributed by atoms with E-state index in [2.05, 4.69) is 5.32 Å². The number of nitrogens with one attached hydrogen (secondary N) is 1. The first kappa shape index (κ1) is 15.9. The van der Waals surface area contributed by atoms with Crippen LogP contribution >= 0.6 is 11.6 Å². The first-order valence-electron chi connectivity index (χ1n) is 5.56. The van der Waals surface area contributed by atoms with Crippen molar-refractivity contribution in [1.82, 2.24) is 5.32 Å². The van der Waals surface area contributed by atoms with Gasteiger partial charge < -0.3 is 10.1 Å². The summed E-state index contributed by atoms with van der Waals surface area (Å²) < 4.78 is 27.6. The number of carbonyl (C=O) groups excluding carboxylic acids is 1. The predicted molar refractivity (Wildman–Crippen MR) is 73.4 cm³/mol. The molecule has 106 valence electrons. The van der Waals surface area contributed by atoms with Crippen molar-refractivity contribution in [2.75, 3.05) is 26.5 Å². The van der Waals surface area contributed by atoms with E-state index >= 15 is 0 Å². The van der Waals surface area contributed by atoms with Crippen LogP contribution < -0.4 is 5.32 Å². The van der Waals surface area contributed by atoms with E-state index in [0.717, 1.165) is 6.26 Å². The molecule has 0 spiro atoms. The number of hydrogen-bond donors (Lipinski definition) is 1. The van der Waals surface area contributed by atoms with Crippen LogP contribution in [0.25, 0.3) is 0 Å². The lowest BCUT2D eigenvalue weighted by Crippen LogP contribution is -2.31. The Morgan fingerprint density at radius 3 is 2.74 bits per heavy atom. The molecule has 7 heteroatoms. The second-order valence-corrected chi connectivity index (χ2v) is 6.70. The maximum atomic E-state index is 11.8. The Balaban J connectivity index is 2.73. The zero-order valence-electron chi connectivity index (χ0n) is 10.7. The Kier molecular flexibility index (Phi) is 5.78. The second-order valence-electron chi connectivity index (χ2n) is 4.06. The number of ether oxygens (including phenoxy) is 1. The van der Waals surface area contributed by atoms with Crippen LogP contribution in [0.2, 0.25) is 0 Å². The molecule has 0 aliphatic heterocycles. The molecular formula is C12H16ClNO4S. The van der Waals surface area contributed by atoms with Crippen molar-refractivity contribution in [1.29, 1.82) is 0 Å². The van der Waals surface area contributed by atoms with Crippen LogP contribution in [-0.4, -0.2) is 46.2 Å². The summed E-state index contributed by atoms with van der Waals surface area (Å²) >= 11 is 5.88. The van der Waals surface area contributed by atoms with Crippen molar-refractivity contribution in [3.05, 3.63) is 29.8 Å². The van der Waals surface area contributed by atoms with Gasteiger partial charge in [0.2, 0.25) is 0 Å². The molecule has 1 N–H and O–H groups in total. The largest absolute Gasteiger partial charge is 0.383 e. The molecule has 1 rings (SSSR count). The van der Waals surface area contributed by atoms with E-state index in [0.29, 0.717) is 6.61 Å². The average Bonchev–Trinajstić information content (AvgIpc) is 2.35. The van der Waals surface area contributed by atoms with Gasteiger partial charge in [0.05, 0.1) is 16.9 Å². The Morgan fingerprint density at radius 1 is 1.47 bits per heavy atom. The van der Waals surface area contributed by atoms with Gasteiger partial charge >= 0.3 is 0 Å². The Morgan fingerprint density at radius 2 is 2.16 bits per heavy atom. The van der Waals surface area contributed by atoms with Gasteiger partial charge in [-0.2, -0.15) is 0 Å². The Labute approximate surface area is 117 Å². The number of hydrogen-bond acceptors (Lipinski definition) is 4. The molecule has 1 atom stereocenters. The summed E-state index contributed by atoms with van der Waals surface area (Å²) in [6.45, 7) is 0.572. The van der Waals surface area contributed by atoms with Gasteiger partial charge in [-0.05, 0) is 18.2 Å². The van der Waals surface area contributed by atoms with Crippen LogP contribution in [0.4, 0.5) is 0 Å². The Bertz CT molecular complexity index is 544. The van der Waals surface area contributed by atoms with Gasteiger partial charge in [-0.1, -0.05) is 6.07 Å². The lowest BCUT2D eigenvalue weighted by molar-refractivity contribution is 0.0949. The lowest BCUT2D eigenvalue weighted by Gasteiger charge is -2.10. The Hall–Kier alpha value is -1.11. The van der Waals surface area contributed by atoms with Crippen LogP contribution in [0.3, 0.4) is 0 Å². The molecule has 19 heavy (non-hydrogen) atoms. The third kappa shape index (κ3) is 5.18. The van der Waals surface area contributed by atoms with Gasteiger partial charge in [-0.15, -0.1) is 11.6 Å². The summed E-state index contributed by atoms with van der Waals surface area (Å²) in [6, 6.07) is 5.85. The highest BCUT2D eigenvalue weighted by Crippen LogP contribution is 2.11. The quantitative estimate of drug-likeness (QED) is 0.798.